The van der Waals surface area contributed by atoms with Gasteiger partial charge in [-0.3, -0.25) is 4.79 Å². The highest BCUT2D eigenvalue weighted by Crippen LogP contribution is 2.38. The van der Waals surface area contributed by atoms with E-state index in [1.54, 1.807) is 7.11 Å². The van der Waals surface area contributed by atoms with Crippen molar-refractivity contribution in [2.75, 3.05) is 13.7 Å². The number of rotatable bonds is 5. The first kappa shape index (κ1) is 16.3. The SMILES string of the molecule is CO[C@@H]1CC[C@H]2C=C(Cc3ccccc3)C(=O)N(CC(C)C)[C@H]21. The zero-order valence-corrected chi connectivity index (χ0v) is 14.4. The first-order valence-electron chi connectivity index (χ1n) is 8.68. The van der Waals surface area contributed by atoms with Crippen LogP contribution in [0.3, 0.4) is 0 Å². The Balaban J connectivity index is 1.88. The lowest BCUT2D eigenvalue weighted by Crippen LogP contribution is -2.52. The lowest BCUT2D eigenvalue weighted by molar-refractivity contribution is -0.134. The molecule has 1 aromatic carbocycles. The van der Waals surface area contributed by atoms with Crippen LogP contribution >= 0.6 is 0 Å². The second kappa shape index (κ2) is 6.88. The summed E-state index contributed by atoms with van der Waals surface area (Å²) in [6.07, 6.45) is 5.30. The van der Waals surface area contributed by atoms with Crippen molar-refractivity contribution in [3.63, 3.8) is 0 Å². The van der Waals surface area contributed by atoms with E-state index < -0.39 is 0 Å². The number of amides is 1. The van der Waals surface area contributed by atoms with Gasteiger partial charge >= 0.3 is 0 Å². The zero-order chi connectivity index (χ0) is 16.4. The van der Waals surface area contributed by atoms with E-state index in [-0.39, 0.29) is 18.1 Å². The Morgan fingerprint density at radius 3 is 2.61 bits per heavy atom. The van der Waals surface area contributed by atoms with Gasteiger partial charge in [0.1, 0.15) is 0 Å². The maximum atomic E-state index is 13.1. The maximum absolute atomic E-state index is 13.1. The van der Waals surface area contributed by atoms with Crippen LogP contribution in [-0.4, -0.2) is 36.6 Å². The molecule has 0 unspecified atom stereocenters. The Kier molecular flexibility index (Phi) is 4.86. The molecule has 0 aromatic heterocycles. The third kappa shape index (κ3) is 3.35. The van der Waals surface area contributed by atoms with Crippen molar-refractivity contribution in [1.82, 2.24) is 4.90 Å². The highest BCUT2D eigenvalue weighted by Gasteiger charge is 2.45. The Bertz CT molecular complexity index is 579. The predicted octanol–water partition coefficient (Wildman–Crippen LogP) is 3.45. The van der Waals surface area contributed by atoms with Crippen molar-refractivity contribution in [3.8, 4) is 0 Å². The van der Waals surface area contributed by atoms with Crippen LogP contribution in [0.1, 0.15) is 32.3 Å². The van der Waals surface area contributed by atoms with E-state index in [1.165, 1.54) is 5.56 Å². The Morgan fingerprint density at radius 2 is 1.96 bits per heavy atom. The van der Waals surface area contributed by atoms with Crippen molar-refractivity contribution in [2.45, 2.75) is 45.3 Å². The summed E-state index contributed by atoms with van der Waals surface area (Å²) in [6, 6.07) is 10.5. The van der Waals surface area contributed by atoms with Crippen molar-refractivity contribution in [3.05, 3.63) is 47.5 Å². The van der Waals surface area contributed by atoms with Gasteiger partial charge < -0.3 is 9.64 Å². The van der Waals surface area contributed by atoms with Crippen LogP contribution in [0.2, 0.25) is 0 Å². The minimum Gasteiger partial charge on any atom is -0.379 e. The van der Waals surface area contributed by atoms with Crippen LogP contribution in [0.4, 0.5) is 0 Å². The van der Waals surface area contributed by atoms with Crippen molar-refractivity contribution < 1.29 is 9.53 Å². The van der Waals surface area contributed by atoms with E-state index in [4.69, 9.17) is 4.74 Å². The van der Waals surface area contributed by atoms with E-state index >= 15 is 0 Å². The van der Waals surface area contributed by atoms with Crippen molar-refractivity contribution in [1.29, 1.82) is 0 Å². The number of fused-ring (bicyclic) bond motifs is 1. The molecule has 124 valence electrons. The molecule has 3 heteroatoms. The van der Waals surface area contributed by atoms with Gasteiger partial charge in [-0.1, -0.05) is 50.3 Å². The second-order valence-electron chi connectivity index (χ2n) is 7.21. The zero-order valence-electron chi connectivity index (χ0n) is 14.4. The monoisotopic (exact) mass is 313 g/mol. The van der Waals surface area contributed by atoms with Gasteiger partial charge in [0.25, 0.3) is 0 Å². The molecule has 1 amide bonds. The molecule has 1 aliphatic heterocycles. The van der Waals surface area contributed by atoms with Gasteiger partial charge in [-0.25, -0.2) is 0 Å². The summed E-state index contributed by atoms with van der Waals surface area (Å²) in [6.45, 7) is 5.16. The molecule has 23 heavy (non-hydrogen) atoms. The summed E-state index contributed by atoms with van der Waals surface area (Å²) in [5.41, 5.74) is 2.16. The number of carbonyl (C=O) groups is 1. The molecule has 0 bridgehead atoms. The minimum atomic E-state index is 0.178. The van der Waals surface area contributed by atoms with Crippen LogP contribution in [0, 0.1) is 11.8 Å². The summed E-state index contributed by atoms with van der Waals surface area (Å²) >= 11 is 0. The minimum absolute atomic E-state index is 0.178. The molecule has 1 saturated carbocycles. The van der Waals surface area contributed by atoms with Gasteiger partial charge in [0.2, 0.25) is 5.91 Å². The van der Waals surface area contributed by atoms with Crippen molar-refractivity contribution >= 4 is 5.91 Å². The number of hydrogen-bond donors (Lipinski definition) is 0. The average molecular weight is 313 g/mol. The summed E-state index contributed by atoms with van der Waals surface area (Å²) in [4.78, 5) is 15.2. The molecular weight excluding hydrogens is 286 g/mol. The number of hydrogen-bond acceptors (Lipinski definition) is 2. The molecule has 3 atom stereocenters. The van der Waals surface area contributed by atoms with Gasteiger partial charge in [-0.05, 0) is 24.3 Å². The quantitative estimate of drug-likeness (QED) is 0.833. The van der Waals surface area contributed by atoms with Crippen LogP contribution in [0.15, 0.2) is 42.0 Å². The van der Waals surface area contributed by atoms with E-state index in [1.807, 2.05) is 18.2 Å². The third-order valence-electron chi connectivity index (χ3n) is 5.02. The number of nitrogens with zero attached hydrogens (tertiary/aromatic N) is 1. The molecule has 3 nitrogen and oxygen atoms in total. The van der Waals surface area contributed by atoms with Crippen LogP contribution in [0.25, 0.3) is 0 Å². The summed E-state index contributed by atoms with van der Waals surface area (Å²) < 4.78 is 5.67. The topological polar surface area (TPSA) is 29.5 Å². The molecule has 1 fully saturated rings. The Hall–Kier alpha value is -1.61. The lowest BCUT2D eigenvalue weighted by atomic mass is 9.89. The largest absolute Gasteiger partial charge is 0.379 e. The molecule has 1 aromatic rings. The highest BCUT2D eigenvalue weighted by molar-refractivity contribution is 5.95. The van der Waals surface area contributed by atoms with Crippen LogP contribution < -0.4 is 0 Å². The molecule has 3 rings (SSSR count). The Labute approximate surface area is 139 Å². The smallest absolute Gasteiger partial charge is 0.250 e. The van der Waals surface area contributed by atoms with Crippen LogP contribution in [0.5, 0.6) is 0 Å². The van der Waals surface area contributed by atoms with Gasteiger partial charge in [0.05, 0.1) is 12.1 Å². The standard InChI is InChI=1S/C20H27NO2/c1-14(2)13-21-19-16(9-10-18(19)23-3)12-17(20(21)22)11-15-7-5-4-6-8-15/h4-8,12,14,16,18-19H,9-11,13H2,1-3H3/t16-,18+,19+/m0/s1. The molecule has 1 heterocycles. The molecule has 1 aliphatic carbocycles. The second-order valence-corrected chi connectivity index (χ2v) is 7.21. The van der Waals surface area contributed by atoms with Gasteiger partial charge in [0, 0.05) is 31.6 Å². The molecule has 0 saturated heterocycles. The fourth-order valence-electron chi connectivity index (χ4n) is 4.04. The molecular formula is C20H27NO2. The normalized spacial score (nSPS) is 27.3. The first-order valence-corrected chi connectivity index (χ1v) is 8.68. The Morgan fingerprint density at radius 1 is 1.22 bits per heavy atom. The predicted molar refractivity (Wildman–Crippen MR) is 92.1 cm³/mol. The number of ether oxygens (including phenoxy) is 1. The van der Waals surface area contributed by atoms with E-state index in [0.29, 0.717) is 11.8 Å². The highest BCUT2D eigenvalue weighted by atomic mass is 16.5. The van der Waals surface area contributed by atoms with E-state index in [0.717, 1.165) is 31.4 Å². The molecule has 0 N–H and O–H groups in total. The van der Waals surface area contributed by atoms with Gasteiger partial charge in [0.15, 0.2) is 0 Å². The number of benzene rings is 1. The fourth-order valence-corrected chi connectivity index (χ4v) is 4.04. The summed E-state index contributed by atoms with van der Waals surface area (Å²) in [5, 5.41) is 0. The van der Waals surface area contributed by atoms with E-state index in [9.17, 15) is 4.79 Å². The fraction of sp³-hybridized carbons (Fsp3) is 0.550. The third-order valence-corrected chi connectivity index (χ3v) is 5.02. The molecule has 2 aliphatic rings. The lowest BCUT2D eigenvalue weighted by Gasteiger charge is -2.40. The van der Waals surface area contributed by atoms with Gasteiger partial charge in [-0.15, -0.1) is 0 Å². The van der Waals surface area contributed by atoms with Crippen LogP contribution in [-0.2, 0) is 16.0 Å². The molecule has 0 radical (unpaired) electrons. The van der Waals surface area contributed by atoms with Gasteiger partial charge in [-0.2, -0.15) is 0 Å². The summed E-state index contributed by atoms with van der Waals surface area (Å²) in [5.74, 6) is 1.11. The molecule has 0 spiro atoms. The summed E-state index contributed by atoms with van der Waals surface area (Å²) in [7, 11) is 1.77. The van der Waals surface area contributed by atoms with Crippen molar-refractivity contribution in [2.24, 2.45) is 11.8 Å². The first-order chi connectivity index (χ1) is 11.1. The number of carbonyl (C=O) groups excluding carboxylic acids is 1. The average Bonchev–Trinajstić information content (AvgIpc) is 2.94. The maximum Gasteiger partial charge on any atom is 0.250 e. The number of methoxy groups -OCH3 is 1. The van der Waals surface area contributed by atoms with E-state index in [2.05, 4.69) is 37.0 Å².